The molecule has 0 bridgehead atoms. The van der Waals surface area contributed by atoms with Crippen molar-refractivity contribution in [2.45, 2.75) is 25.8 Å². The average molecular weight is 184 g/mol. The molecule has 1 saturated carbocycles. The number of hydrogen-bond donors (Lipinski definition) is 2. The Bertz CT molecular complexity index is 180. The summed E-state index contributed by atoms with van der Waals surface area (Å²) in [6.45, 7) is 6.09. The van der Waals surface area contributed by atoms with Crippen molar-refractivity contribution in [1.29, 1.82) is 0 Å². The number of nitrogens with one attached hydrogen (secondary N) is 1. The van der Waals surface area contributed by atoms with Crippen LogP contribution in [0.1, 0.15) is 19.8 Å². The van der Waals surface area contributed by atoms with Gasteiger partial charge in [0, 0.05) is 25.0 Å². The highest BCUT2D eigenvalue weighted by molar-refractivity contribution is 4.91. The molecule has 1 aliphatic heterocycles. The first kappa shape index (κ1) is 9.44. The third-order valence-corrected chi connectivity index (χ3v) is 3.31. The summed E-state index contributed by atoms with van der Waals surface area (Å²) in [5.74, 6) is 0.530. The van der Waals surface area contributed by atoms with E-state index in [9.17, 15) is 0 Å². The van der Waals surface area contributed by atoms with Crippen LogP contribution in [-0.4, -0.2) is 32.3 Å². The van der Waals surface area contributed by atoms with E-state index in [-0.39, 0.29) is 6.04 Å². The third-order valence-electron chi connectivity index (χ3n) is 3.31. The maximum Gasteiger partial charge on any atom is 0.0621 e. The van der Waals surface area contributed by atoms with E-state index < -0.39 is 0 Å². The van der Waals surface area contributed by atoms with Crippen LogP contribution < -0.4 is 11.1 Å². The van der Waals surface area contributed by atoms with Crippen molar-refractivity contribution < 1.29 is 4.74 Å². The van der Waals surface area contributed by atoms with E-state index in [2.05, 4.69) is 12.2 Å². The van der Waals surface area contributed by atoms with Gasteiger partial charge < -0.3 is 15.8 Å². The van der Waals surface area contributed by atoms with Gasteiger partial charge in [0.15, 0.2) is 0 Å². The topological polar surface area (TPSA) is 47.3 Å². The Balaban J connectivity index is 1.62. The van der Waals surface area contributed by atoms with Crippen LogP contribution in [0.15, 0.2) is 0 Å². The molecule has 0 radical (unpaired) electrons. The monoisotopic (exact) mass is 184 g/mol. The molecular weight excluding hydrogens is 164 g/mol. The maximum atomic E-state index is 5.88. The van der Waals surface area contributed by atoms with Crippen molar-refractivity contribution in [3.05, 3.63) is 0 Å². The molecule has 0 aromatic carbocycles. The van der Waals surface area contributed by atoms with Gasteiger partial charge in [0.2, 0.25) is 0 Å². The molecule has 0 aromatic heterocycles. The van der Waals surface area contributed by atoms with Gasteiger partial charge in [-0.15, -0.1) is 0 Å². The van der Waals surface area contributed by atoms with Crippen molar-refractivity contribution in [1.82, 2.24) is 5.32 Å². The Kier molecular flexibility index (Phi) is 2.58. The SMILES string of the molecule is CC1(CNCC2COCC2N)CC1. The van der Waals surface area contributed by atoms with Crippen LogP contribution in [-0.2, 0) is 4.74 Å². The predicted octanol–water partition coefficient (Wildman–Crippen LogP) is 0.350. The summed E-state index contributed by atoms with van der Waals surface area (Å²) in [6.07, 6.45) is 2.76. The van der Waals surface area contributed by atoms with Crippen LogP contribution in [0.2, 0.25) is 0 Å². The first-order valence-electron chi connectivity index (χ1n) is 5.24. The van der Waals surface area contributed by atoms with Crippen LogP contribution in [0.25, 0.3) is 0 Å². The fourth-order valence-corrected chi connectivity index (χ4v) is 1.77. The maximum absolute atomic E-state index is 5.88. The minimum atomic E-state index is 0.250. The van der Waals surface area contributed by atoms with E-state index in [1.165, 1.54) is 12.8 Å². The predicted molar refractivity (Wildman–Crippen MR) is 52.5 cm³/mol. The molecule has 2 rings (SSSR count). The summed E-state index contributed by atoms with van der Waals surface area (Å²) in [4.78, 5) is 0. The smallest absolute Gasteiger partial charge is 0.0621 e. The van der Waals surface area contributed by atoms with Crippen LogP contribution in [0.5, 0.6) is 0 Å². The number of nitrogens with two attached hydrogens (primary N) is 1. The minimum Gasteiger partial charge on any atom is -0.379 e. The van der Waals surface area contributed by atoms with Crippen LogP contribution in [0.4, 0.5) is 0 Å². The molecule has 0 spiro atoms. The Morgan fingerprint density at radius 1 is 1.46 bits per heavy atom. The standard InChI is InChI=1S/C10H20N2O/c1-10(2-3-10)7-12-4-8-5-13-6-9(8)11/h8-9,12H,2-7,11H2,1H3. The van der Waals surface area contributed by atoms with Crippen molar-refractivity contribution in [2.75, 3.05) is 26.3 Å². The van der Waals surface area contributed by atoms with Gasteiger partial charge in [-0.2, -0.15) is 0 Å². The van der Waals surface area contributed by atoms with Gasteiger partial charge in [-0.25, -0.2) is 0 Å². The zero-order valence-electron chi connectivity index (χ0n) is 8.38. The van der Waals surface area contributed by atoms with Crippen molar-refractivity contribution >= 4 is 0 Å². The van der Waals surface area contributed by atoms with Crippen LogP contribution in [0.3, 0.4) is 0 Å². The lowest BCUT2D eigenvalue weighted by atomic mass is 10.0. The lowest BCUT2D eigenvalue weighted by molar-refractivity contribution is 0.183. The molecule has 13 heavy (non-hydrogen) atoms. The van der Waals surface area contributed by atoms with E-state index in [0.717, 1.165) is 26.3 Å². The van der Waals surface area contributed by atoms with E-state index in [1.807, 2.05) is 0 Å². The fraction of sp³-hybridized carbons (Fsp3) is 1.00. The van der Waals surface area contributed by atoms with Crippen LogP contribution >= 0.6 is 0 Å². The second-order valence-electron chi connectivity index (χ2n) is 4.90. The highest BCUT2D eigenvalue weighted by Crippen LogP contribution is 2.44. The van der Waals surface area contributed by atoms with Gasteiger partial charge >= 0.3 is 0 Å². The largest absolute Gasteiger partial charge is 0.379 e. The van der Waals surface area contributed by atoms with Gasteiger partial charge in [0.25, 0.3) is 0 Å². The molecule has 2 unspecified atom stereocenters. The van der Waals surface area contributed by atoms with Gasteiger partial charge in [-0.1, -0.05) is 6.92 Å². The summed E-state index contributed by atoms with van der Waals surface area (Å²) in [6, 6.07) is 0.250. The molecule has 3 heteroatoms. The Hall–Kier alpha value is -0.120. The highest BCUT2D eigenvalue weighted by Gasteiger charge is 2.36. The summed E-state index contributed by atoms with van der Waals surface area (Å²) >= 11 is 0. The second kappa shape index (κ2) is 3.56. The fourth-order valence-electron chi connectivity index (χ4n) is 1.77. The second-order valence-corrected chi connectivity index (χ2v) is 4.90. The van der Waals surface area contributed by atoms with E-state index in [1.54, 1.807) is 0 Å². The quantitative estimate of drug-likeness (QED) is 0.663. The first-order chi connectivity index (χ1) is 6.20. The average Bonchev–Trinajstić information content (AvgIpc) is 2.68. The van der Waals surface area contributed by atoms with Gasteiger partial charge in [-0.05, 0) is 18.3 Å². The molecule has 3 N–H and O–H groups in total. The van der Waals surface area contributed by atoms with Crippen molar-refractivity contribution in [3.63, 3.8) is 0 Å². The molecule has 0 amide bonds. The molecule has 2 aliphatic rings. The molecule has 1 saturated heterocycles. The summed E-state index contributed by atoms with van der Waals surface area (Å²) in [5.41, 5.74) is 6.48. The Morgan fingerprint density at radius 2 is 2.23 bits per heavy atom. The lowest BCUT2D eigenvalue weighted by Gasteiger charge is -2.16. The van der Waals surface area contributed by atoms with Crippen molar-refractivity contribution in [3.8, 4) is 0 Å². The molecular formula is C10H20N2O. The van der Waals surface area contributed by atoms with Gasteiger partial charge in [-0.3, -0.25) is 0 Å². The van der Waals surface area contributed by atoms with Gasteiger partial charge in [0.1, 0.15) is 0 Å². The Morgan fingerprint density at radius 3 is 2.77 bits per heavy atom. The first-order valence-corrected chi connectivity index (χ1v) is 5.24. The zero-order chi connectivity index (χ0) is 9.31. The summed E-state index contributed by atoms with van der Waals surface area (Å²) in [7, 11) is 0. The molecule has 2 fully saturated rings. The minimum absolute atomic E-state index is 0.250. The van der Waals surface area contributed by atoms with Crippen LogP contribution in [0, 0.1) is 11.3 Å². The number of ether oxygens (including phenoxy) is 1. The molecule has 1 heterocycles. The number of hydrogen-bond acceptors (Lipinski definition) is 3. The molecule has 1 aliphatic carbocycles. The van der Waals surface area contributed by atoms with Crippen molar-refractivity contribution in [2.24, 2.45) is 17.1 Å². The molecule has 2 atom stereocenters. The van der Waals surface area contributed by atoms with Gasteiger partial charge in [0.05, 0.1) is 13.2 Å². The highest BCUT2D eigenvalue weighted by atomic mass is 16.5. The summed E-state index contributed by atoms with van der Waals surface area (Å²) < 4.78 is 5.30. The van der Waals surface area contributed by atoms with E-state index in [4.69, 9.17) is 10.5 Å². The van der Waals surface area contributed by atoms with E-state index in [0.29, 0.717) is 11.3 Å². The lowest BCUT2D eigenvalue weighted by Crippen LogP contribution is -2.37. The third kappa shape index (κ3) is 2.42. The van der Waals surface area contributed by atoms with E-state index >= 15 is 0 Å². The summed E-state index contributed by atoms with van der Waals surface area (Å²) in [5, 5.41) is 3.50. The molecule has 3 nitrogen and oxygen atoms in total. The normalized spacial score (nSPS) is 36.5. The number of rotatable bonds is 4. The zero-order valence-corrected chi connectivity index (χ0v) is 8.38. The molecule has 76 valence electrons. The Labute approximate surface area is 80.0 Å². The molecule has 0 aromatic rings.